The molecule has 0 saturated carbocycles. The van der Waals surface area contributed by atoms with E-state index >= 15 is 0 Å². The van der Waals surface area contributed by atoms with Gasteiger partial charge in [-0.1, -0.05) is 48.5 Å². The van der Waals surface area contributed by atoms with Crippen molar-refractivity contribution in [1.82, 2.24) is 9.47 Å². The molecule has 0 unspecified atom stereocenters. The normalized spacial score (nSPS) is 16.0. The van der Waals surface area contributed by atoms with Crippen LogP contribution in [-0.4, -0.2) is 27.2 Å². The molecule has 1 aromatic heterocycles. The predicted molar refractivity (Wildman–Crippen MR) is 120 cm³/mol. The summed E-state index contributed by atoms with van der Waals surface area (Å²) in [5.41, 5.74) is 3.33. The number of carbonyl (C=O) groups is 2. The summed E-state index contributed by atoms with van der Waals surface area (Å²) in [7, 11) is 0. The van der Waals surface area contributed by atoms with E-state index in [-0.39, 0.29) is 11.1 Å². The van der Waals surface area contributed by atoms with Gasteiger partial charge >= 0.3 is 0 Å². The maximum Gasteiger partial charge on any atom is 0.293 e. The Kier molecular flexibility index (Phi) is 5.58. The lowest BCUT2D eigenvalue weighted by atomic mass is 10.1. The molecule has 1 aliphatic rings. The summed E-state index contributed by atoms with van der Waals surface area (Å²) in [6, 6.07) is 18.6. The zero-order chi connectivity index (χ0) is 20.4. The summed E-state index contributed by atoms with van der Waals surface area (Å²) < 4.78 is 2.20. The topological polar surface area (TPSA) is 42.3 Å². The minimum absolute atomic E-state index is 0.179. The Morgan fingerprint density at radius 2 is 1.72 bits per heavy atom. The van der Waals surface area contributed by atoms with Crippen molar-refractivity contribution in [3.8, 4) is 0 Å². The van der Waals surface area contributed by atoms with Crippen LogP contribution in [0.25, 0.3) is 17.0 Å². The van der Waals surface area contributed by atoms with Gasteiger partial charge in [-0.05, 0) is 56.2 Å². The Morgan fingerprint density at radius 1 is 1.00 bits per heavy atom. The Morgan fingerprint density at radius 3 is 2.48 bits per heavy atom. The van der Waals surface area contributed by atoms with Crippen LogP contribution in [0, 0.1) is 0 Å². The van der Waals surface area contributed by atoms with Crippen molar-refractivity contribution in [2.45, 2.75) is 32.7 Å². The van der Waals surface area contributed by atoms with Crippen molar-refractivity contribution in [3.63, 3.8) is 0 Å². The second-order valence-electron chi connectivity index (χ2n) is 7.53. The number of fused-ring (bicyclic) bond motifs is 1. The van der Waals surface area contributed by atoms with Gasteiger partial charge in [0.1, 0.15) is 0 Å². The third-order valence-electron chi connectivity index (χ3n) is 5.18. The Bertz CT molecular complexity index is 1080. The van der Waals surface area contributed by atoms with Gasteiger partial charge in [-0.25, -0.2) is 0 Å². The molecule has 0 aliphatic carbocycles. The molecule has 1 saturated heterocycles. The van der Waals surface area contributed by atoms with Crippen LogP contribution in [0.15, 0.2) is 65.7 Å². The monoisotopic (exact) mass is 404 g/mol. The van der Waals surface area contributed by atoms with E-state index in [0.717, 1.165) is 41.1 Å². The molecule has 3 aromatic rings. The molecular weight excluding hydrogens is 380 g/mol. The fourth-order valence-corrected chi connectivity index (χ4v) is 4.55. The first-order valence-corrected chi connectivity index (χ1v) is 10.7. The molecule has 2 heterocycles. The zero-order valence-corrected chi connectivity index (χ0v) is 17.5. The van der Waals surface area contributed by atoms with Gasteiger partial charge in [0.05, 0.1) is 4.91 Å². The number of para-hydroxylation sites is 1. The fourth-order valence-electron chi connectivity index (χ4n) is 3.69. The van der Waals surface area contributed by atoms with Crippen molar-refractivity contribution in [2.75, 3.05) is 6.54 Å². The van der Waals surface area contributed by atoms with Gasteiger partial charge in [0.25, 0.3) is 11.1 Å². The van der Waals surface area contributed by atoms with Crippen molar-refractivity contribution < 1.29 is 9.59 Å². The van der Waals surface area contributed by atoms with E-state index in [4.69, 9.17) is 0 Å². The number of aromatic nitrogens is 1. The van der Waals surface area contributed by atoms with Gasteiger partial charge in [0.2, 0.25) is 0 Å². The molecule has 0 N–H and O–H groups in total. The number of hydrogen-bond acceptors (Lipinski definition) is 3. The van der Waals surface area contributed by atoms with Crippen LogP contribution in [0.2, 0.25) is 0 Å². The molecule has 0 atom stereocenters. The summed E-state index contributed by atoms with van der Waals surface area (Å²) in [4.78, 5) is 27.2. The number of rotatable bonds is 6. The molecule has 148 valence electrons. The smallest absolute Gasteiger partial charge is 0.293 e. The molecule has 0 bridgehead atoms. The van der Waals surface area contributed by atoms with E-state index in [2.05, 4.69) is 48.9 Å². The minimum atomic E-state index is -0.186. The highest BCUT2D eigenvalue weighted by Crippen LogP contribution is 2.34. The van der Waals surface area contributed by atoms with Crippen molar-refractivity contribution in [3.05, 3.63) is 76.8 Å². The summed E-state index contributed by atoms with van der Waals surface area (Å²) >= 11 is 1.04. The number of nitrogens with zero attached hydrogens (tertiary/aromatic N) is 2. The predicted octanol–water partition coefficient (Wildman–Crippen LogP) is 5.89. The van der Waals surface area contributed by atoms with Gasteiger partial charge in [-0.15, -0.1) is 0 Å². The molecule has 1 fully saturated rings. The van der Waals surface area contributed by atoms with E-state index in [1.165, 1.54) is 10.5 Å². The van der Waals surface area contributed by atoms with Crippen LogP contribution < -0.4 is 0 Å². The SMILES string of the molecule is CC(C)n1cc(/C=C2/SC(=O)N(CCCc3ccccc3)C2=O)c2ccccc21. The highest BCUT2D eigenvalue weighted by atomic mass is 32.2. The van der Waals surface area contributed by atoms with Crippen molar-refractivity contribution in [2.24, 2.45) is 0 Å². The molecule has 0 spiro atoms. The summed E-state index contributed by atoms with van der Waals surface area (Å²) in [5, 5.41) is 0.916. The average Bonchev–Trinajstić information content (AvgIpc) is 3.22. The average molecular weight is 405 g/mol. The van der Waals surface area contributed by atoms with Crippen molar-refractivity contribution in [1.29, 1.82) is 0 Å². The van der Waals surface area contributed by atoms with Crippen LogP contribution in [0.5, 0.6) is 0 Å². The summed E-state index contributed by atoms with van der Waals surface area (Å²) in [5.74, 6) is -0.186. The molecular formula is C24H24N2O2S. The van der Waals surface area contributed by atoms with Crippen LogP contribution in [-0.2, 0) is 11.2 Å². The number of carbonyl (C=O) groups excluding carboxylic acids is 2. The van der Waals surface area contributed by atoms with Crippen molar-refractivity contribution >= 4 is 39.9 Å². The first-order chi connectivity index (χ1) is 14.0. The highest BCUT2D eigenvalue weighted by Gasteiger charge is 2.34. The lowest BCUT2D eigenvalue weighted by Gasteiger charge is -2.12. The third-order valence-corrected chi connectivity index (χ3v) is 6.09. The van der Waals surface area contributed by atoms with Gasteiger partial charge in [0.15, 0.2) is 0 Å². The second kappa shape index (κ2) is 8.29. The maximum absolute atomic E-state index is 12.8. The van der Waals surface area contributed by atoms with E-state index in [0.29, 0.717) is 17.5 Å². The molecule has 0 radical (unpaired) electrons. The van der Waals surface area contributed by atoms with Gasteiger partial charge in [0, 0.05) is 35.2 Å². The molecule has 29 heavy (non-hydrogen) atoms. The number of aryl methyl sites for hydroxylation is 1. The Hall–Kier alpha value is -2.79. The fraction of sp³-hybridized carbons (Fsp3) is 0.250. The zero-order valence-electron chi connectivity index (χ0n) is 16.7. The number of hydrogen-bond donors (Lipinski definition) is 0. The van der Waals surface area contributed by atoms with Gasteiger partial charge in [-0.2, -0.15) is 0 Å². The molecule has 4 rings (SSSR count). The summed E-state index contributed by atoms with van der Waals surface area (Å²) in [6.45, 7) is 4.72. The van der Waals surface area contributed by atoms with Gasteiger partial charge in [-0.3, -0.25) is 14.5 Å². The van der Waals surface area contributed by atoms with E-state index < -0.39 is 0 Å². The minimum Gasteiger partial charge on any atom is -0.344 e. The first-order valence-electron chi connectivity index (χ1n) is 9.93. The number of thioether (sulfide) groups is 1. The number of benzene rings is 2. The highest BCUT2D eigenvalue weighted by molar-refractivity contribution is 8.18. The molecule has 2 amide bonds. The summed E-state index contributed by atoms with van der Waals surface area (Å²) in [6.07, 6.45) is 5.55. The maximum atomic E-state index is 12.8. The quantitative estimate of drug-likeness (QED) is 0.481. The largest absolute Gasteiger partial charge is 0.344 e. The molecule has 4 nitrogen and oxygen atoms in total. The second-order valence-corrected chi connectivity index (χ2v) is 8.52. The van der Waals surface area contributed by atoms with Crippen LogP contribution >= 0.6 is 11.8 Å². The molecule has 5 heteroatoms. The van der Waals surface area contributed by atoms with E-state index in [1.807, 2.05) is 36.4 Å². The van der Waals surface area contributed by atoms with E-state index in [1.54, 1.807) is 0 Å². The standard InChI is InChI=1S/C24H24N2O2S/c1-17(2)26-16-19(20-12-6-7-13-21(20)26)15-22-23(27)25(24(28)29-22)14-8-11-18-9-4-3-5-10-18/h3-7,9-10,12-13,15-17H,8,11,14H2,1-2H3/b22-15+. The van der Waals surface area contributed by atoms with Gasteiger partial charge < -0.3 is 4.57 Å². The molecule has 2 aromatic carbocycles. The first kappa shape index (κ1) is 19.5. The number of imide groups is 1. The van der Waals surface area contributed by atoms with Crippen LogP contribution in [0.3, 0.4) is 0 Å². The van der Waals surface area contributed by atoms with E-state index in [9.17, 15) is 9.59 Å². The molecule has 1 aliphatic heterocycles. The number of amides is 2. The lowest BCUT2D eigenvalue weighted by Crippen LogP contribution is -2.29. The lowest BCUT2D eigenvalue weighted by molar-refractivity contribution is -0.122. The Labute approximate surface area is 175 Å². The van der Waals surface area contributed by atoms with Crippen LogP contribution in [0.4, 0.5) is 4.79 Å². The van der Waals surface area contributed by atoms with Crippen LogP contribution in [0.1, 0.15) is 37.4 Å². The Balaban J connectivity index is 1.53. The third kappa shape index (κ3) is 4.01.